The second-order valence-corrected chi connectivity index (χ2v) is 5.70. The number of aliphatic hydroxyl groups is 1. The summed E-state index contributed by atoms with van der Waals surface area (Å²) < 4.78 is 5.70. The summed E-state index contributed by atoms with van der Waals surface area (Å²) in [4.78, 5) is 2.19. The van der Waals surface area contributed by atoms with Gasteiger partial charge >= 0.3 is 0 Å². The van der Waals surface area contributed by atoms with E-state index in [2.05, 4.69) is 25.8 Å². The van der Waals surface area contributed by atoms with E-state index in [1.54, 1.807) is 0 Å². The Balaban J connectivity index is 2.31. The van der Waals surface area contributed by atoms with E-state index in [0.717, 1.165) is 19.6 Å². The van der Waals surface area contributed by atoms with E-state index in [-0.39, 0.29) is 5.92 Å². The molecule has 0 aromatic carbocycles. The quantitative estimate of drug-likeness (QED) is 0.781. The van der Waals surface area contributed by atoms with Crippen LogP contribution in [0.5, 0.6) is 0 Å². The minimum Gasteiger partial charge on any atom is -0.389 e. The largest absolute Gasteiger partial charge is 0.389 e. The fourth-order valence-electron chi connectivity index (χ4n) is 2.09. The van der Waals surface area contributed by atoms with Gasteiger partial charge in [-0.25, -0.2) is 0 Å². The molecule has 1 aliphatic heterocycles. The van der Waals surface area contributed by atoms with Crippen LogP contribution in [0.15, 0.2) is 0 Å². The Hall–Kier alpha value is -0.120. The molecule has 0 aromatic rings. The predicted octanol–water partition coefficient (Wildman–Crippen LogP) is 1.89. The number of likely N-dealkylation sites (N-methyl/N-ethyl adjacent to an activating group) is 1. The van der Waals surface area contributed by atoms with Crippen molar-refractivity contribution < 1.29 is 9.84 Å². The smallest absolute Gasteiger partial charge is 0.0768 e. The topological polar surface area (TPSA) is 32.7 Å². The molecule has 0 saturated carbocycles. The van der Waals surface area contributed by atoms with Gasteiger partial charge < -0.3 is 14.7 Å². The first-order chi connectivity index (χ1) is 7.42. The van der Waals surface area contributed by atoms with Crippen LogP contribution in [0.1, 0.15) is 40.0 Å². The van der Waals surface area contributed by atoms with E-state index < -0.39 is 5.60 Å². The fraction of sp³-hybridized carbons (Fsp3) is 1.00. The highest BCUT2D eigenvalue weighted by molar-refractivity contribution is 4.81. The van der Waals surface area contributed by atoms with Crippen LogP contribution in [0.4, 0.5) is 0 Å². The van der Waals surface area contributed by atoms with E-state index in [9.17, 15) is 5.11 Å². The molecule has 1 heterocycles. The number of hydrogen-bond donors (Lipinski definition) is 1. The lowest BCUT2D eigenvalue weighted by atomic mass is 9.92. The molecule has 0 aromatic heterocycles. The van der Waals surface area contributed by atoms with Crippen molar-refractivity contribution in [2.24, 2.45) is 5.92 Å². The summed E-state index contributed by atoms with van der Waals surface area (Å²) in [6.07, 6.45) is 4.00. The Bertz CT molecular complexity index is 198. The summed E-state index contributed by atoms with van der Waals surface area (Å²) >= 11 is 0. The van der Waals surface area contributed by atoms with Crippen molar-refractivity contribution in [3.8, 4) is 0 Å². The van der Waals surface area contributed by atoms with Gasteiger partial charge in [0.25, 0.3) is 0 Å². The molecule has 3 nitrogen and oxygen atoms in total. The molecule has 1 rings (SSSR count). The third kappa shape index (κ3) is 4.40. The summed E-state index contributed by atoms with van der Waals surface area (Å²) in [6.45, 7) is 8.58. The van der Waals surface area contributed by atoms with Crippen LogP contribution in [0.25, 0.3) is 0 Å². The number of nitrogens with zero attached hydrogens (tertiary/aromatic N) is 1. The van der Waals surface area contributed by atoms with Crippen molar-refractivity contribution in [3.05, 3.63) is 0 Å². The van der Waals surface area contributed by atoms with Crippen LogP contribution in [0.3, 0.4) is 0 Å². The lowest BCUT2D eigenvalue weighted by Crippen LogP contribution is -2.45. The van der Waals surface area contributed by atoms with Gasteiger partial charge in [0.1, 0.15) is 0 Å². The Morgan fingerprint density at radius 3 is 2.62 bits per heavy atom. The van der Waals surface area contributed by atoms with Gasteiger partial charge in [0.15, 0.2) is 0 Å². The standard InChI is InChI=1S/C13H27NO2/c1-11(2)13(3,15)10-14(4)9-12-7-5-6-8-16-12/h11-12,15H,5-10H2,1-4H3. The monoisotopic (exact) mass is 229 g/mol. The highest BCUT2D eigenvalue weighted by Crippen LogP contribution is 2.19. The highest BCUT2D eigenvalue weighted by atomic mass is 16.5. The molecule has 1 fully saturated rings. The predicted molar refractivity (Wildman–Crippen MR) is 66.5 cm³/mol. The summed E-state index contributed by atoms with van der Waals surface area (Å²) in [5.74, 6) is 0.280. The summed E-state index contributed by atoms with van der Waals surface area (Å²) in [7, 11) is 2.06. The van der Waals surface area contributed by atoms with Gasteiger partial charge in [-0.15, -0.1) is 0 Å². The molecular weight excluding hydrogens is 202 g/mol. The fourth-order valence-corrected chi connectivity index (χ4v) is 2.09. The van der Waals surface area contributed by atoms with Gasteiger partial charge in [-0.05, 0) is 39.2 Å². The average molecular weight is 229 g/mol. The molecule has 1 aliphatic rings. The molecule has 96 valence electrons. The first kappa shape index (κ1) is 13.9. The third-order valence-electron chi connectivity index (χ3n) is 3.62. The second kappa shape index (κ2) is 5.99. The zero-order chi connectivity index (χ0) is 12.2. The maximum atomic E-state index is 10.2. The van der Waals surface area contributed by atoms with Gasteiger partial charge in [0.2, 0.25) is 0 Å². The Morgan fingerprint density at radius 2 is 2.12 bits per heavy atom. The van der Waals surface area contributed by atoms with Crippen LogP contribution in [-0.4, -0.2) is 48.5 Å². The molecule has 0 spiro atoms. The number of rotatable bonds is 5. The Morgan fingerprint density at radius 1 is 1.44 bits per heavy atom. The molecule has 0 aliphatic carbocycles. The van der Waals surface area contributed by atoms with Crippen LogP contribution in [0.2, 0.25) is 0 Å². The molecule has 16 heavy (non-hydrogen) atoms. The third-order valence-corrected chi connectivity index (χ3v) is 3.62. The van der Waals surface area contributed by atoms with E-state index in [0.29, 0.717) is 12.6 Å². The van der Waals surface area contributed by atoms with Crippen molar-refractivity contribution >= 4 is 0 Å². The van der Waals surface area contributed by atoms with Gasteiger partial charge in [-0.3, -0.25) is 0 Å². The maximum Gasteiger partial charge on any atom is 0.0768 e. The zero-order valence-electron chi connectivity index (χ0n) is 11.2. The Labute approximate surface area is 99.8 Å². The summed E-state index contributed by atoms with van der Waals surface area (Å²) in [5.41, 5.74) is -0.608. The number of ether oxygens (including phenoxy) is 1. The molecular formula is C13H27NO2. The molecule has 0 bridgehead atoms. The average Bonchev–Trinajstić information content (AvgIpc) is 2.17. The molecule has 1 saturated heterocycles. The van der Waals surface area contributed by atoms with Gasteiger partial charge in [-0.2, -0.15) is 0 Å². The van der Waals surface area contributed by atoms with Crippen molar-refractivity contribution in [2.75, 3.05) is 26.7 Å². The molecule has 2 unspecified atom stereocenters. The van der Waals surface area contributed by atoms with Crippen LogP contribution < -0.4 is 0 Å². The summed E-state index contributed by atoms with van der Waals surface area (Å²) in [5, 5.41) is 10.2. The van der Waals surface area contributed by atoms with Crippen LogP contribution >= 0.6 is 0 Å². The molecule has 1 N–H and O–H groups in total. The minimum absolute atomic E-state index is 0.280. The van der Waals surface area contributed by atoms with Gasteiger partial charge in [-0.1, -0.05) is 13.8 Å². The van der Waals surface area contributed by atoms with Crippen LogP contribution in [0, 0.1) is 5.92 Å². The van der Waals surface area contributed by atoms with Crippen molar-refractivity contribution in [2.45, 2.75) is 51.7 Å². The lowest BCUT2D eigenvalue weighted by molar-refractivity contribution is -0.0400. The number of hydrogen-bond acceptors (Lipinski definition) is 3. The van der Waals surface area contributed by atoms with Crippen molar-refractivity contribution in [1.82, 2.24) is 4.90 Å². The van der Waals surface area contributed by atoms with E-state index in [4.69, 9.17) is 4.74 Å². The van der Waals surface area contributed by atoms with E-state index >= 15 is 0 Å². The molecule has 3 heteroatoms. The summed E-state index contributed by atoms with van der Waals surface area (Å²) in [6, 6.07) is 0. The molecule has 0 radical (unpaired) electrons. The van der Waals surface area contributed by atoms with Gasteiger partial charge in [0, 0.05) is 19.7 Å². The maximum absolute atomic E-state index is 10.2. The Kier molecular flexibility index (Phi) is 5.22. The second-order valence-electron chi connectivity index (χ2n) is 5.70. The van der Waals surface area contributed by atoms with E-state index in [1.807, 2.05) is 6.92 Å². The highest BCUT2D eigenvalue weighted by Gasteiger charge is 2.27. The normalized spacial score (nSPS) is 26.1. The molecule has 2 atom stereocenters. The molecule has 0 amide bonds. The first-order valence-corrected chi connectivity index (χ1v) is 6.44. The lowest BCUT2D eigenvalue weighted by Gasteiger charge is -2.34. The van der Waals surface area contributed by atoms with Crippen LogP contribution in [-0.2, 0) is 4.74 Å². The zero-order valence-corrected chi connectivity index (χ0v) is 11.2. The van der Waals surface area contributed by atoms with Crippen molar-refractivity contribution in [3.63, 3.8) is 0 Å². The SMILES string of the molecule is CC(C)C(C)(O)CN(C)CC1CCCCO1. The van der Waals surface area contributed by atoms with E-state index in [1.165, 1.54) is 12.8 Å². The minimum atomic E-state index is -0.608. The van der Waals surface area contributed by atoms with Crippen molar-refractivity contribution in [1.29, 1.82) is 0 Å². The van der Waals surface area contributed by atoms with Gasteiger partial charge in [0.05, 0.1) is 11.7 Å². The first-order valence-electron chi connectivity index (χ1n) is 6.44.